The summed E-state index contributed by atoms with van der Waals surface area (Å²) in [6, 6.07) is 0. The fourth-order valence-electron chi connectivity index (χ4n) is 1.66. The number of hydrogen-bond acceptors (Lipinski definition) is 0. The Balaban J connectivity index is -0.000000227. The number of rotatable bonds is 0. The van der Waals surface area contributed by atoms with Crippen LogP contribution < -0.4 is 0 Å². The molecule has 0 N–H and O–H groups in total. The van der Waals surface area contributed by atoms with Crippen molar-refractivity contribution < 1.29 is 24.2 Å². The van der Waals surface area contributed by atoms with Crippen LogP contribution in [0.5, 0.6) is 0 Å². The topological polar surface area (TPSA) is 0 Å². The minimum atomic E-state index is 0. The molecule has 0 aromatic heterocycles. The molecule has 106 valence electrons. The first kappa shape index (κ1) is 24.3. The van der Waals surface area contributed by atoms with Crippen molar-refractivity contribution in [3.05, 3.63) is 46.6 Å². The van der Waals surface area contributed by atoms with Crippen molar-refractivity contribution in [2.45, 2.75) is 41.0 Å². The van der Waals surface area contributed by atoms with Crippen LogP contribution in [0.1, 0.15) is 41.0 Å². The molecule has 0 nitrogen and oxygen atoms in total. The number of hydrogen-bond donors (Lipinski definition) is 0. The van der Waals surface area contributed by atoms with Gasteiger partial charge in [0.15, 0.2) is 0 Å². The van der Waals surface area contributed by atoms with Gasteiger partial charge in [-0.3, -0.25) is 12.2 Å². The molecule has 0 bridgehead atoms. The first-order chi connectivity index (χ1) is 8.02. The zero-order valence-electron chi connectivity index (χ0n) is 12.5. The van der Waals surface area contributed by atoms with Gasteiger partial charge >= 0.3 is 28.4 Å². The zero-order valence-corrected chi connectivity index (χ0v) is 16.6. The maximum absolute atomic E-state index is 3.36. The van der Waals surface area contributed by atoms with Crippen molar-refractivity contribution in [1.29, 1.82) is 0 Å². The van der Waals surface area contributed by atoms with E-state index in [2.05, 4.69) is 57.1 Å². The van der Waals surface area contributed by atoms with Gasteiger partial charge in [-0.25, -0.2) is 17.2 Å². The van der Waals surface area contributed by atoms with E-state index in [-0.39, 0.29) is 24.8 Å². The fourth-order valence-corrected chi connectivity index (χ4v) is 1.66. The van der Waals surface area contributed by atoms with Crippen LogP contribution in [0, 0.1) is 18.1 Å². The molecule has 0 radical (unpaired) electrons. The summed E-state index contributed by atoms with van der Waals surface area (Å²) in [5, 5.41) is 0. The molecule has 0 saturated heterocycles. The summed E-state index contributed by atoms with van der Waals surface area (Å²) >= 11 is 1.30. The van der Waals surface area contributed by atoms with Crippen molar-refractivity contribution in [3.63, 3.8) is 0 Å². The van der Waals surface area contributed by atoms with E-state index < -0.39 is 0 Å². The molecule has 2 aliphatic rings. The standard InChI is InChI=1S/C9H13.C6H7.CH2.2ClH.Zr/c1-6-5-7(2)9(4)8(6)3;1-6-4-2-3-5-6;;;;/h6H,1-4H3;4-5H,2H2,1H3;1H2;2*1H;/q2*-1;;;;+2. The third-order valence-corrected chi connectivity index (χ3v) is 3.11. The summed E-state index contributed by atoms with van der Waals surface area (Å²) in [7, 11) is 0. The van der Waals surface area contributed by atoms with Gasteiger partial charge in [0.25, 0.3) is 0 Å². The molecule has 1 unspecified atom stereocenters. The second-order valence-corrected chi connectivity index (χ2v) is 4.30. The normalized spacial score (nSPS) is 19.0. The molecule has 0 amide bonds. The first-order valence-corrected chi connectivity index (χ1v) is 7.62. The molecule has 3 heteroatoms. The van der Waals surface area contributed by atoms with Gasteiger partial charge in [0.05, 0.1) is 0 Å². The minimum absolute atomic E-state index is 0. The zero-order chi connectivity index (χ0) is 13.4. The summed E-state index contributed by atoms with van der Waals surface area (Å²) < 4.78 is 3.34. The summed E-state index contributed by atoms with van der Waals surface area (Å²) in [6.45, 7) is 10.8. The molecular weight excluding hydrogens is 354 g/mol. The van der Waals surface area contributed by atoms with Gasteiger partial charge in [-0.05, 0) is 0 Å². The van der Waals surface area contributed by atoms with Crippen molar-refractivity contribution in [3.8, 4) is 0 Å². The van der Waals surface area contributed by atoms with Crippen molar-refractivity contribution in [2.75, 3.05) is 0 Å². The Morgan fingerprint density at radius 3 is 1.79 bits per heavy atom. The van der Waals surface area contributed by atoms with Gasteiger partial charge in [-0.2, -0.15) is 17.2 Å². The Morgan fingerprint density at radius 1 is 1.16 bits per heavy atom. The van der Waals surface area contributed by atoms with Crippen molar-refractivity contribution in [2.24, 2.45) is 5.92 Å². The summed E-state index contributed by atoms with van der Waals surface area (Å²) in [5.41, 5.74) is 5.59. The van der Waals surface area contributed by atoms with Gasteiger partial charge in [0, 0.05) is 0 Å². The molecule has 0 heterocycles. The van der Waals surface area contributed by atoms with Gasteiger partial charge in [0.1, 0.15) is 0 Å². The average Bonchev–Trinajstić information content (AvgIpc) is 2.88. The van der Waals surface area contributed by atoms with Crippen LogP contribution in [0.15, 0.2) is 34.4 Å². The van der Waals surface area contributed by atoms with Crippen molar-refractivity contribution >= 4 is 29.0 Å². The maximum atomic E-state index is 3.36. The van der Waals surface area contributed by atoms with Gasteiger partial charge in [-0.15, -0.1) is 45.1 Å². The summed E-state index contributed by atoms with van der Waals surface area (Å²) in [6.07, 6.45) is 11.6. The molecule has 2 rings (SSSR count). The second kappa shape index (κ2) is 13.3. The molecule has 0 spiro atoms. The number of allylic oxidation sites excluding steroid dienone is 8. The molecular formula is C16H24Cl2Zr. The van der Waals surface area contributed by atoms with Crippen molar-refractivity contribution in [1.82, 2.24) is 0 Å². The van der Waals surface area contributed by atoms with Gasteiger partial charge in [-0.1, -0.05) is 26.7 Å². The second-order valence-electron chi connectivity index (χ2n) is 4.30. The van der Waals surface area contributed by atoms with E-state index in [1.54, 1.807) is 0 Å². The van der Waals surface area contributed by atoms with E-state index in [0.717, 1.165) is 6.42 Å². The molecule has 0 aromatic carbocycles. The van der Waals surface area contributed by atoms with Crippen LogP contribution >= 0.6 is 24.8 Å². The van der Waals surface area contributed by atoms with Gasteiger partial charge in [0.2, 0.25) is 0 Å². The van der Waals surface area contributed by atoms with E-state index in [0.29, 0.717) is 5.92 Å². The van der Waals surface area contributed by atoms with E-state index in [4.69, 9.17) is 0 Å². The average molecular weight is 378 g/mol. The quantitative estimate of drug-likeness (QED) is 0.507. The predicted molar refractivity (Wildman–Crippen MR) is 87.8 cm³/mol. The van der Waals surface area contributed by atoms with Crippen LogP contribution in [0.25, 0.3) is 0 Å². The molecule has 0 fully saturated rings. The Hall–Kier alpha value is 0.293. The molecule has 2 aliphatic carbocycles. The SMILES string of the molecule is CC1=CC[C-]=C1.CC1=[C-]C(C)C(C)=C1C.Cl.Cl.[CH2]=[Zr+2]. The molecule has 19 heavy (non-hydrogen) atoms. The molecule has 0 aromatic rings. The third kappa shape index (κ3) is 8.95. The van der Waals surface area contributed by atoms with Gasteiger partial charge < -0.3 is 0 Å². The number of halogens is 2. The van der Waals surface area contributed by atoms with E-state index in [9.17, 15) is 0 Å². The van der Waals surface area contributed by atoms with E-state index in [1.807, 2.05) is 6.08 Å². The third-order valence-electron chi connectivity index (χ3n) is 3.11. The summed E-state index contributed by atoms with van der Waals surface area (Å²) in [5.74, 6) is 0.560. The predicted octanol–water partition coefficient (Wildman–Crippen LogP) is 5.23. The molecule has 0 saturated carbocycles. The Labute approximate surface area is 146 Å². The van der Waals surface area contributed by atoms with E-state index >= 15 is 0 Å². The fraction of sp³-hybridized carbons (Fsp3) is 0.438. The first-order valence-electron chi connectivity index (χ1n) is 5.89. The Kier molecular flexibility index (Phi) is 17.0. The van der Waals surface area contributed by atoms with Crippen LogP contribution in [-0.2, 0) is 24.2 Å². The van der Waals surface area contributed by atoms with Crippen LogP contribution in [0.2, 0.25) is 0 Å². The van der Waals surface area contributed by atoms with Crippen LogP contribution in [-0.4, -0.2) is 4.21 Å². The molecule has 0 aliphatic heterocycles. The van der Waals surface area contributed by atoms with E-state index in [1.165, 1.54) is 46.5 Å². The summed E-state index contributed by atoms with van der Waals surface area (Å²) in [4.78, 5) is 0. The Morgan fingerprint density at radius 2 is 1.68 bits per heavy atom. The van der Waals surface area contributed by atoms with Crippen LogP contribution in [0.4, 0.5) is 0 Å². The van der Waals surface area contributed by atoms with Crippen LogP contribution in [0.3, 0.4) is 0 Å². The monoisotopic (exact) mass is 376 g/mol. The Bertz CT molecular complexity index is 373. The molecule has 1 atom stereocenters.